The van der Waals surface area contributed by atoms with Crippen LogP contribution in [0.4, 0.5) is 0 Å². The molecule has 2 N–H and O–H groups in total. The molecular weight excluding hydrogens is 340 g/mol. The Hall–Kier alpha value is -2.63. The van der Waals surface area contributed by atoms with Gasteiger partial charge in [-0.1, -0.05) is 44.2 Å². The van der Waals surface area contributed by atoms with Gasteiger partial charge < -0.3 is 10.6 Å². The van der Waals surface area contributed by atoms with Gasteiger partial charge in [0.1, 0.15) is 6.04 Å². The standard InChI is InChI=1S/C21H28N4O2/c1-14(2)20(24-19(26)12-15-8-5-4-6-9-15)21(27)23-17-10-7-11-18-16(17)13-22-25(18)3/h4-6,8-9,13-14,17,20H,7,10-12H2,1-3H3,(H,23,27)(H,24,26). The summed E-state index contributed by atoms with van der Waals surface area (Å²) in [6.45, 7) is 3.90. The van der Waals surface area contributed by atoms with Crippen molar-refractivity contribution in [1.82, 2.24) is 20.4 Å². The first-order chi connectivity index (χ1) is 13.0. The number of hydrogen-bond acceptors (Lipinski definition) is 3. The van der Waals surface area contributed by atoms with E-state index in [0.29, 0.717) is 0 Å². The van der Waals surface area contributed by atoms with Gasteiger partial charge in [0, 0.05) is 18.3 Å². The number of nitrogens with zero attached hydrogens (tertiary/aromatic N) is 2. The summed E-state index contributed by atoms with van der Waals surface area (Å²) in [5.41, 5.74) is 3.21. The van der Waals surface area contributed by atoms with Gasteiger partial charge in [-0.15, -0.1) is 0 Å². The Morgan fingerprint density at radius 1 is 1.26 bits per heavy atom. The van der Waals surface area contributed by atoms with Crippen molar-refractivity contribution in [3.63, 3.8) is 0 Å². The van der Waals surface area contributed by atoms with Crippen LogP contribution in [0.1, 0.15) is 49.6 Å². The summed E-state index contributed by atoms with van der Waals surface area (Å²) < 4.78 is 1.88. The summed E-state index contributed by atoms with van der Waals surface area (Å²) >= 11 is 0. The van der Waals surface area contributed by atoms with Gasteiger partial charge in [0.2, 0.25) is 11.8 Å². The molecule has 1 aromatic carbocycles. The first kappa shape index (κ1) is 19.1. The van der Waals surface area contributed by atoms with Crippen molar-refractivity contribution in [2.24, 2.45) is 13.0 Å². The summed E-state index contributed by atoms with van der Waals surface area (Å²) in [6, 6.07) is 8.97. The third-order valence-corrected chi connectivity index (χ3v) is 5.17. The number of rotatable bonds is 6. The van der Waals surface area contributed by atoms with E-state index in [4.69, 9.17) is 0 Å². The van der Waals surface area contributed by atoms with Crippen molar-refractivity contribution >= 4 is 11.8 Å². The normalized spacial score (nSPS) is 17.3. The lowest BCUT2D eigenvalue weighted by molar-refractivity contribution is -0.130. The average Bonchev–Trinajstić information content (AvgIpc) is 3.02. The van der Waals surface area contributed by atoms with Crippen molar-refractivity contribution in [1.29, 1.82) is 0 Å². The fraction of sp³-hybridized carbons (Fsp3) is 0.476. The number of aromatic nitrogens is 2. The van der Waals surface area contributed by atoms with Crippen molar-refractivity contribution in [2.75, 3.05) is 0 Å². The predicted molar refractivity (Wildman–Crippen MR) is 104 cm³/mol. The van der Waals surface area contributed by atoms with Gasteiger partial charge in [-0.05, 0) is 30.7 Å². The quantitative estimate of drug-likeness (QED) is 0.821. The topological polar surface area (TPSA) is 76.0 Å². The van der Waals surface area contributed by atoms with Gasteiger partial charge in [0.15, 0.2) is 0 Å². The van der Waals surface area contributed by atoms with Crippen LogP contribution in [0.25, 0.3) is 0 Å². The van der Waals surface area contributed by atoms with E-state index in [1.165, 1.54) is 5.69 Å². The Morgan fingerprint density at radius 3 is 2.70 bits per heavy atom. The molecule has 0 bridgehead atoms. The van der Waals surface area contributed by atoms with E-state index in [-0.39, 0.29) is 30.2 Å². The zero-order valence-electron chi connectivity index (χ0n) is 16.2. The fourth-order valence-electron chi connectivity index (χ4n) is 3.66. The van der Waals surface area contributed by atoms with Gasteiger partial charge in [-0.3, -0.25) is 14.3 Å². The summed E-state index contributed by atoms with van der Waals surface area (Å²) in [4.78, 5) is 25.3. The van der Waals surface area contributed by atoms with E-state index < -0.39 is 6.04 Å². The maximum absolute atomic E-state index is 12.9. The maximum Gasteiger partial charge on any atom is 0.243 e. The van der Waals surface area contributed by atoms with Crippen molar-refractivity contribution < 1.29 is 9.59 Å². The number of amides is 2. The Bertz CT molecular complexity index is 798. The first-order valence-corrected chi connectivity index (χ1v) is 9.60. The van der Waals surface area contributed by atoms with E-state index in [9.17, 15) is 9.59 Å². The van der Waals surface area contributed by atoms with Crippen LogP contribution < -0.4 is 10.6 Å². The van der Waals surface area contributed by atoms with E-state index in [0.717, 1.165) is 30.4 Å². The molecule has 144 valence electrons. The molecule has 27 heavy (non-hydrogen) atoms. The molecule has 1 aromatic heterocycles. The molecule has 6 heteroatoms. The number of nitrogens with one attached hydrogen (secondary N) is 2. The van der Waals surface area contributed by atoms with Gasteiger partial charge >= 0.3 is 0 Å². The predicted octanol–water partition coefficient (Wildman–Crippen LogP) is 2.30. The van der Waals surface area contributed by atoms with Crippen molar-refractivity contribution in [3.8, 4) is 0 Å². The molecule has 1 heterocycles. The second kappa shape index (κ2) is 8.37. The highest BCUT2D eigenvalue weighted by Crippen LogP contribution is 2.29. The lowest BCUT2D eigenvalue weighted by atomic mass is 9.92. The second-order valence-electron chi connectivity index (χ2n) is 7.58. The van der Waals surface area contributed by atoms with Crippen molar-refractivity contribution in [2.45, 2.75) is 51.6 Å². The molecule has 0 spiro atoms. The van der Waals surface area contributed by atoms with Crippen LogP contribution in [-0.4, -0.2) is 27.6 Å². The summed E-state index contributed by atoms with van der Waals surface area (Å²) in [5, 5.41) is 10.4. The van der Waals surface area contributed by atoms with E-state index in [1.807, 2.05) is 62.1 Å². The smallest absolute Gasteiger partial charge is 0.243 e. The molecule has 2 atom stereocenters. The fourth-order valence-corrected chi connectivity index (χ4v) is 3.66. The minimum absolute atomic E-state index is 0.00156. The second-order valence-corrected chi connectivity index (χ2v) is 7.58. The maximum atomic E-state index is 12.9. The highest BCUT2D eigenvalue weighted by molar-refractivity contribution is 5.88. The van der Waals surface area contributed by atoms with Crippen LogP contribution in [0.2, 0.25) is 0 Å². The summed E-state index contributed by atoms with van der Waals surface area (Å²) in [5.74, 6) is -0.268. The number of hydrogen-bond donors (Lipinski definition) is 2. The van der Waals surface area contributed by atoms with E-state index in [2.05, 4.69) is 15.7 Å². The van der Waals surface area contributed by atoms with Crippen LogP contribution in [0, 0.1) is 5.92 Å². The van der Waals surface area contributed by atoms with Crippen LogP contribution in [-0.2, 0) is 29.5 Å². The SMILES string of the molecule is CC(C)C(NC(=O)Cc1ccccc1)C(=O)NC1CCCc2c1cnn2C. The average molecular weight is 368 g/mol. The van der Waals surface area contributed by atoms with E-state index >= 15 is 0 Å². The zero-order chi connectivity index (χ0) is 19.4. The molecule has 0 saturated carbocycles. The molecule has 2 unspecified atom stereocenters. The van der Waals surface area contributed by atoms with Crippen LogP contribution in [0.5, 0.6) is 0 Å². The highest BCUT2D eigenvalue weighted by Gasteiger charge is 2.29. The Kier molecular flexibility index (Phi) is 5.94. The molecule has 2 amide bonds. The summed E-state index contributed by atoms with van der Waals surface area (Å²) in [7, 11) is 1.93. The van der Waals surface area contributed by atoms with Gasteiger partial charge in [-0.2, -0.15) is 5.10 Å². The van der Waals surface area contributed by atoms with Crippen molar-refractivity contribution in [3.05, 3.63) is 53.3 Å². The minimum Gasteiger partial charge on any atom is -0.347 e. The van der Waals surface area contributed by atoms with Crippen LogP contribution in [0.15, 0.2) is 36.5 Å². The lowest BCUT2D eigenvalue weighted by Crippen LogP contribution is -2.51. The third-order valence-electron chi connectivity index (χ3n) is 5.17. The Labute approximate surface area is 160 Å². The molecule has 2 aromatic rings. The molecule has 6 nitrogen and oxygen atoms in total. The zero-order valence-corrected chi connectivity index (χ0v) is 16.2. The minimum atomic E-state index is -0.553. The number of carbonyl (C=O) groups excluding carboxylic acids is 2. The van der Waals surface area contributed by atoms with Gasteiger partial charge in [0.05, 0.1) is 18.7 Å². The number of carbonyl (C=O) groups is 2. The molecule has 1 aliphatic carbocycles. The molecule has 0 aliphatic heterocycles. The summed E-state index contributed by atoms with van der Waals surface area (Å²) in [6.07, 6.45) is 5.02. The number of aryl methyl sites for hydroxylation is 1. The van der Waals surface area contributed by atoms with Gasteiger partial charge in [0.25, 0.3) is 0 Å². The first-order valence-electron chi connectivity index (χ1n) is 9.60. The van der Waals surface area contributed by atoms with Crippen LogP contribution in [0.3, 0.4) is 0 Å². The molecule has 0 fully saturated rings. The monoisotopic (exact) mass is 368 g/mol. The molecule has 3 rings (SSSR count). The third kappa shape index (κ3) is 4.56. The molecule has 1 aliphatic rings. The molecular formula is C21H28N4O2. The van der Waals surface area contributed by atoms with Crippen LogP contribution >= 0.6 is 0 Å². The lowest BCUT2D eigenvalue weighted by Gasteiger charge is -2.28. The molecule has 0 saturated heterocycles. The van der Waals surface area contributed by atoms with Gasteiger partial charge in [-0.25, -0.2) is 0 Å². The Balaban J connectivity index is 1.65. The highest BCUT2D eigenvalue weighted by atomic mass is 16.2. The number of fused-ring (bicyclic) bond motifs is 1. The molecule has 0 radical (unpaired) electrons. The number of benzene rings is 1. The van der Waals surface area contributed by atoms with E-state index in [1.54, 1.807) is 0 Å². The largest absolute Gasteiger partial charge is 0.347 e. The Morgan fingerprint density at radius 2 is 2.00 bits per heavy atom.